The van der Waals surface area contributed by atoms with Gasteiger partial charge in [0, 0.05) is 22.7 Å². The van der Waals surface area contributed by atoms with Gasteiger partial charge in [0.25, 0.3) is 0 Å². The molecule has 1 N–H and O–H groups in total. The Kier molecular flexibility index (Phi) is 5.92. The number of Topliss-reactive ketones (excluding diaryl/α,β-unsaturated/α-hetero) is 1. The molecule has 0 aliphatic carbocycles. The zero-order valence-corrected chi connectivity index (χ0v) is 15.2. The molecule has 3 nitrogen and oxygen atoms in total. The number of benzene rings is 3. The van der Waals surface area contributed by atoms with Gasteiger partial charge < -0.3 is 10.1 Å². The van der Waals surface area contributed by atoms with Gasteiger partial charge >= 0.3 is 0 Å². The number of rotatable bonds is 7. The third kappa shape index (κ3) is 4.64. The molecular formula is C22H20ClNO2. The normalized spacial score (nSPS) is 11.6. The molecule has 3 aromatic carbocycles. The largest absolute Gasteiger partial charge is 0.497 e. The van der Waals surface area contributed by atoms with Crippen LogP contribution in [0.1, 0.15) is 28.4 Å². The van der Waals surface area contributed by atoms with Gasteiger partial charge in [0.2, 0.25) is 0 Å². The van der Waals surface area contributed by atoms with Gasteiger partial charge in [-0.15, -0.1) is 0 Å². The molecule has 1 unspecified atom stereocenters. The Bertz CT molecular complexity index is 846. The molecule has 0 bridgehead atoms. The van der Waals surface area contributed by atoms with Crippen LogP contribution >= 0.6 is 11.6 Å². The minimum Gasteiger partial charge on any atom is -0.497 e. The van der Waals surface area contributed by atoms with E-state index in [1.165, 1.54) is 0 Å². The third-order valence-electron chi connectivity index (χ3n) is 4.19. The van der Waals surface area contributed by atoms with E-state index in [2.05, 4.69) is 5.32 Å². The molecule has 0 aliphatic rings. The standard InChI is InChI=1S/C22H20ClNO2/c1-26-20-13-11-19(12-14-20)24-21(16-5-3-2-4-6-16)15-22(25)17-7-9-18(23)10-8-17/h2-14,21,24H,15H2,1H3. The van der Waals surface area contributed by atoms with Gasteiger partial charge in [0.05, 0.1) is 13.2 Å². The molecular weight excluding hydrogens is 346 g/mol. The quantitative estimate of drug-likeness (QED) is 0.540. The van der Waals surface area contributed by atoms with Crippen molar-refractivity contribution >= 4 is 23.1 Å². The fraction of sp³-hybridized carbons (Fsp3) is 0.136. The van der Waals surface area contributed by atoms with Crippen LogP contribution in [0.5, 0.6) is 5.75 Å². The Labute approximate surface area is 158 Å². The highest BCUT2D eigenvalue weighted by atomic mass is 35.5. The van der Waals surface area contributed by atoms with E-state index < -0.39 is 0 Å². The van der Waals surface area contributed by atoms with Crippen LogP contribution in [0.15, 0.2) is 78.9 Å². The number of anilines is 1. The number of hydrogen-bond donors (Lipinski definition) is 1. The Balaban J connectivity index is 1.81. The molecule has 3 rings (SSSR count). The lowest BCUT2D eigenvalue weighted by molar-refractivity contribution is 0.0976. The maximum Gasteiger partial charge on any atom is 0.165 e. The van der Waals surface area contributed by atoms with E-state index in [9.17, 15) is 4.79 Å². The Hall–Kier alpha value is -2.78. The summed E-state index contributed by atoms with van der Waals surface area (Å²) in [6, 6.07) is 24.5. The highest BCUT2D eigenvalue weighted by Gasteiger charge is 2.17. The number of carbonyl (C=O) groups is 1. The van der Waals surface area contributed by atoms with E-state index in [-0.39, 0.29) is 11.8 Å². The average Bonchev–Trinajstić information content (AvgIpc) is 2.69. The summed E-state index contributed by atoms with van der Waals surface area (Å²) in [5.74, 6) is 0.862. The number of ketones is 1. The molecule has 0 amide bonds. The molecule has 0 saturated heterocycles. The molecule has 0 aliphatic heterocycles. The van der Waals surface area contributed by atoms with Crippen LogP contribution in [0.2, 0.25) is 5.02 Å². The molecule has 0 heterocycles. The van der Waals surface area contributed by atoms with E-state index in [0.717, 1.165) is 17.0 Å². The molecule has 0 spiro atoms. The van der Waals surface area contributed by atoms with Gasteiger partial charge in [0.1, 0.15) is 5.75 Å². The smallest absolute Gasteiger partial charge is 0.165 e. The second-order valence-electron chi connectivity index (χ2n) is 5.97. The van der Waals surface area contributed by atoms with Crippen molar-refractivity contribution in [2.24, 2.45) is 0 Å². The zero-order valence-electron chi connectivity index (χ0n) is 14.5. The molecule has 3 aromatic rings. The fourth-order valence-electron chi connectivity index (χ4n) is 2.77. The van der Waals surface area contributed by atoms with E-state index in [4.69, 9.17) is 16.3 Å². The van der Waals surface area contributed by atoms with Gasteiger partial charge in [-0.05, 0) is 54.1 Å². The lowest BCUT2D eigenvalue weighted by Crippen LogP contribution is -2.15. The third-order valence-corrected chi connectivity index (χ3v) is 4.44. The Morgan fingerprint density at radius 1 is 0.962 bits per heavy atom. The molecule has 1 atom stereocenters. The molecule has 132 valence electrons. The van der Waals surface area contributed by atoms with Crippen molar-refractivity contribution in [2.75, 3.05) is 12.4 Å². The summed E-state index contributed by atoms with van der Waals surface area (Å²) in [4.78, 5) is 12.7. The lowest BCUT2D eigenvalue weighted by atomic mass is 9.97. The second-order valence-corrected chi connectivity index (χ2v) is 6.41. The minimum atomic E-state index is -0.132. The van der Waals surface area contributed by atoms with Gasteiger partial charge in [-0.2, -0.15) is 0 Å². The monoisotopic (exact) mass is 365 g/mol. The van der Waals surface area contributed by atoms with Crippen molar-refractivity contribution in [1.29, 1.82) is 0 Å². The predicted octanol–water partition coefficient (Wildman–Crippen LogP) is 5.77. The van der Waals surface area contributed by atoms with Crippen molar-refractivity contribution < 1.29 is 9.53 Å². The maximum atomic E-state index is 12.7. The van der Waals surface area contributed by atoms with Gasteiger partial charge in [0.15, 0.2) is 5.78 Å². The van der Waals surface area contributed by atoms with Gasteiger partial charge in [-0.1, -0.05) is 41.9 Å². The zero-order chi connectivity index (χ0) is 18.4. The summed E-state index contributed by atoms with van der Waals surface area (Å²) >= 11 is 5.92. The van der Waals surface area contributed by atoms with Crippen LogP contribution in [-0.4, -0.2) is 12.9 Å². The van der Waals surface area contributed by atoms with Crippen molar-refractivity contribution in [3.63, 3.8) is 0 Å². The van der Waals surface area contributed by atoms with Crippen molar-refractivity contribution in [2.45, 2.75) is 12.5 Å². The number of hydrogen-bond acceptors (Lipinski definition) is 3. The molecule has 26 heavy (non-hydrogen) atoms. The molecule has 0 radical (unpaired) electrons. The van der Waals surface area contributed by atoms with E-state index in [1.54, 1.807) is 31.4 Å². The summed E-state index contributed by atoms with van der Waals surface area (Å²) in [7, 11) is 1.64. The minimum absolute atomic E-state index is 0.0662. The lowest BCUT2D eigenvalue weighted by Gasteiger charge is -2.20. The molecule has 4 heteroatoms. The summed E-state index contributed by atoms with van der Waals surface area (Å²) in [5.41, 5.74) is 2.65. The summed E-state index contributed by atoms with van der Waals surface area (Å²) in [5, 5.41) is 4.08. The molecule has 0 fully saturated rings. The van der Waals surface area contributed by atoms with Gasteiger partial charge in [-0.25, -0.2) is 0 Å². The van der Waals surface area contributed by atoms with Crippen LogP contribution in [-0.2, 0) is 0 Å². The molecule has 0 saturated carbocycles. The van der Waals surface area contributed by atoms with E-state index in [0.29, 0.717) is 17.0 Å². The van der Waals surface area contributed by atoms with E-state index in [1.807, 2.05) is 54.6 Å². The van der Waals surface area contributed by atoms with Gasteiger partial charge in [-0.3, -0.25) is 4.79 Å². The SMILES string of the molecule is COc1ccc(NC(CC(=O)c2ccc(Cl)cc2)c2ccccc2)cc1. The highest BCUT2D eigenvalue weighted by Crippen LogP contribution is 2.26. The predicted molar refractivity (Wildman–Crippen MR) is 106 cm³/mol. The van der Waals surface area contributed by atoms with Crippen molar-refractivity contribution in [1.82, 2.24) is 0 Å². The first kappa shape index (κ1) is 18.0. The maximum absolute atomic E-state index is 12.7. The number of halogens is 1. The average molecular weight is 366 g/mol. The first-order valence-corrected chi connectivity index (χ1v) is 8.78. The first-order valence-electron chi connectivity index (χ1n) is 8.40. The van der Waals surface area contributed by atoms with Crippen molar-refractivity contribution in [3.05, 3.63) is 95.0 Å². The van der Waals surface area contributed by atoms with Crippen LogP contribution in [0.25, 0.3) is 0 Å². The van der Waals surface area contributed by atoms with Crippen LogP contribution < -0.4 is 10.1 Å². The van der Waals surface area contributed by atoms with Crippen LogP contribution in [0.3, 0.4) is 0 Å². The Morgan fingerprint density at radius 3 is 2.23 bits per heavy atom. The van der Waals surface area contributed by atoms with Crippen LogP contribution in [0.4, 0.5) is 5.69 Å². The van der Waals surface area contributed by atoms with Crippen molar-refractivity contribution in [3.8, 4) is 5.75 Å². The second kappa shape index (κ2) is 8.54. The first-order chi connectivity index (χ1) is 12.7. The number of nitrogens with one attached hydrogen (secondary N) is 1. The number of methoxy groups -OCH3 is 1. The Morgan fingerprint density at radius 2 is 1.62 bits per heavy atom. The summed E-state index contributed by atoms with van der Waals surface area (Å²) in [6.07, 6.45) is 0.345. The summed E-state index contributed by atoms with van der Waals surface area (Å²) < 4.78 is 5.20. The highest BCUT2D eigenvalue weighted by molar-refractivity contribution is 6.30. The topological polar surface area (TPSA) is 38.3 Å². The fourth-order valence-corrected chi connectivity index (χ4v) is 2.89. The van der Waals surface area contributed by atoms with Crippen LogP contribution in [0, 0.1) is 0 Å². The van der Waals surface area contributed by atoms with E-state index >= 15 is 0 Å². The number of carbonyl (C=O) groups excluding carboxylic acids is 1. The molecule has 0 aromatic heterocycles. The summed E-state index contributed by atoms with van der Waals surface area (Å²) in [6.45, 7) is 0. The number of ether oxygens (including phenoxy) is 1.